The number of anilines is 3. The number of rotatable bonds is 5. The normalized spacial score (nSPS) is 13.7. The third kappa shape index (κ3) is 3.10. The second-order valence-corrected chi connectivity index (χ2v) is 4.84. The van der Waals surface area contributed by atoms with Crippen LogP contribution in [0.4, 0.5) is 17.1 Å². The fraction of sp³-hybridized carbons (Fsp3) is 0.500. The molecule has 0 saturated heterocycles. The van der Waals surface area contributed by atoms with Gasteiger partial charge in [-0.1, -0.05) is 26.7 Å². The minimum atomic E-state index is -0.136. The third-order valence-corrected chi connectivity index (χ3v) is 3.52. The molecular weight excluding hydrogens is 242 g/mol. The molecule has 1 aromatic carbocycles. The van der Waals surface area contributed by atoms with Crippen molar-refractivity contribution >= 4 is 23.0 Å². The van der Waals surface area contributed by atoms with Crippen LogP contribution in [0.25, 0.3) is 0 Å². The molecule has 0 unspecified atom stereocenters. The molecule has 0 aromatic heterocycles. The summed E-state index contributed by atoms with van der Waals surface area (Å²) in [5.41, 5.74) is 8.16. The van der Waals surface area contributed by atoms with Crippen molar-refractivity contribution in [3.8, 4) is 5.75 Å². The van der Waals surface area contributed by atoms with Crippen LogP contribution in [0.1, 0.15) is 26.7 Å². The molecule has 1 aliphatic rings. The zero-order chi connectivity index (χ0) is 13.8. The monoisotopic (exact) mass is 263 g/mol. The molecule has 1 aliphatic heterocycles. The molecule has 1 heterocycles. The average molecular weight is 263 g/mol. The zero-order valence-corrected chi connectivity index (χ0v) is 11.5. The van der Waals surface area contributed by atoms with Gasteiger partial charge >= 0.3 is 0 Å². The molecule has 19 heavy (non-hydrogen) atoms. The van der Waals surface area contributed by atoms with Crippen molar-refractivity contribution in [1.82, 2.24) is 0 Å². The molecule has 0 aliphatic carbocycles. The number of hydrogen-bond donors (Lipinski definition) is 3. The van der Waals surface area contributed by atoms with Crippen LogP contribution in [0, 0.1) is 5.92 Å². The van der Waals surface area contributed by atoms with Crippen molar-refractivity contribution in [2.75, 3.05) is 29.5 Å². The van der Waals surface area contributed by atoms with Gasteiger partial charge in [-0.25, -0.2) is 0 Å². The van der Waals surface area contributed by atoms with Crippen LogP contribution < -0.4 is 21.1 Å². The van der Waals surface area contributed by atoms with Crippen molar-refractivity contribution in [2.45, 2.75) is 26.7 Å². The van der Waals surface area contributed by atoms with Gasteiger partial charge in [-0.05, 0) is 12.0 Å². The number of carbonyl (C=O) groups excluding carboxylic acids is 1. The van der Waals surface area contributed by atoms with Gasteiger partial charge in [0.2, 0.25) is 0 Å². The Morgan fingerprint density at radius 3 is 2.84 bits per heavy atom. The molecule has 5 nitrogen and oxygen atoms in total. The van der Waals surface area contributed by atoms with Crippen LogP contribution in [0.2, 0.25) is 0 Å². The van der Waals surface area contributed by atoms with E-state index in [0.29, 0.717) is 23.0 Å². The maximum atomic E-state index is 11.3. The number of nitrogens with one attached hydrogen (secondary N) is 2. The summed E-state index contributed by atoms with van der Waals surface area (Å²) < 4.78 is 5.32. The minimum absolute atomic E-state index is 0.0486. The summed E-state index contributed by atoms with van der Waals surface area (Å²) in [4.78, 5) is 11.3. The maximum Gasteiger partial charge on any atom is 0.262 e. The molecule has 2 rings (SSSR count). The molecule has 0 atom stereocenters. The van der Waals surface area contributed by atoms with E-state index in [4.69, 9.17) is 10.5 Å². The van der Waals surface area contributed by atoms with Gasteiger partial charge in [0.05, 0.1) is 17.1 Å². The molecule has 0 spiro atoms. The number of amides is 1. The van der Waals surface area contributed by atoms with Gasteiger partial charge < -0.3 is 21.1 Å². The van der Waals surface area contributed by atoms with Crippen molar-refractivity contribution in [1.29, 1.82) is 0 Å². The van der Waals surface area contributed by atoms with E-state index in [2.05, 4.69) is 24.5 Å². The lowest BCUT2D eigenvalue weighted by Gasteiger charge is -2.21. The first kappa shape index (κ1) is 13.5. The third-order valence-electron chi connectivity index (χ3n) is 3.52. The lowest BCUT2D eigenvalue weighted by atomic mass is 10.0. The van der Waals surface area contributed by atoms with E-state index in [1.54, 1.807) is 6.07 Å². The van der Waals surface area contributed by atoms with Gasteiger partial charge in [0.15, 0.2) is 6.61 Å². The van der Waals surface area contributed by atoms with Crippen LogP contribution in [-0.2, 0) is 4.79 Å². The highest BCUT2D eigenvalue weighted by atomic mass is 16.5. The van der Waals surface area contributed by atoms with E-state index < -0.39 is 0 Å². The average Bonchev–Trinajstić information content (AvgIpc) is 2.40. The van der Waals surface area contributed by atoms with Crippen LogP contribution in [0.5, 0.6) is 5.75 Å². The van der Waals surface area contributed by atoms with Crippen molar-refractivity contribution in [3.63, 3.8) is 0 Å². The van der Waals surface area contributed by atoms with Gasteiger partial charge in [0.25, 0.3) is 5.91 Å². The Hall–Kier alpha value is -1.91. The highest BCUT2D eigenvalue weighted by Gasteiger charge is 2.18. The largest absolute Gasteiger partial charge is 0.482 e. The van der Waals surface area contributed by atoms with Gasteiger partial charge in [-0.3, -0.25) is 4.79 Å². The second kappa shape index (κ2) is 5.82. The molecular formula is C14H21N3O2. The first-order chi connectivity index (χ1) is 9.13. The maximum absolute atomic E-state index is 11.3. The van der Waals surface area contributed by atoms with Gasteiger partial charge in [0.1, 0.15) is 5.75 Å². The molecule has 0 bridgehead atoms. The summed E-state index contributed by atoms with van der Waals surface area (Å²) in [6, 6.07) is 3.59. The SMILES string of the molecule is CCC(CC)CNc1cc2c(cc1N)OCC(=O)N2. The fourth-order valence-corrected chi connectivity index (χ4v) is 2.13. The number of hydrogen-bond acceptors (Lipinski definition) is 4. The number of carbonyl (C=O) groups is 1. The van der Waals surface area contributed by atoms with Crippen molar-refractivity contribution in [2.24, 2.45) is 5.92 Å². The molecule has 0 saturated carbocycles. The second-order valence-electron chi connectivity index (χ2n) is 4.84. The van der Waals surface area contributed by atoms with E-state index in [9.17, 15) is 4.79 Å². The quantitative estimate of drug-likeness (QED) is 0.713. The summed E-state index contributed by atoms with van der Waals surface area (Å²) in [5, 5.41) is 6.13. The molecule has 1 amide bonds. The molecule has 5 heteroatoms. The topological polar surface area (TPSA) is 76.4 Å². The van der Waals surface area contributed by atoms with E-state index in [1.807, 2.05) is 6.07 Å². The van der Waals surface area contributed by atoms with Crippen LogP contribution in [-0.4, -0.2) is 19.1 Å². The predicted molar refractivity (Wildman–Crippen MR) is 77.5 cm³/mol. The van der Waals surface area contributed by atoms with E-state index in [1.165, 1.54) is 0 Å². The lowest BCUT2D eigenvalue weighted by molar-refractivity contribution is -0.118. The number of fused-ring (bicyclic) bond motifs is 1. The summed E-state index contributed by atoms with van der Waals surface area (Å²) in [7, 11) is 0. The summed E-state index contributed by atoms with van der Waals surface area (Å²) >= 11 is 0. The molecule has 4 N–H and O–H groups in total. The van der Waals surface area contributed by atoms with Gasteiger partial charge in [-0.15, -0.1) is 0 Å². The van der Waals surface area contributed by atoms with Crippen LogP contribution in [0.3, 0.4) is 0 Å². The van der Waals surface area contributed by atoms with Gasteiger partial charge in [0, 0.05) is 12.6 Å². The van der Waals surface area contributed by atoms with Crippen molar-refractivity contribution in [3.05, 3.63) is 12.1 Å². The summed E-state index contributed by atoms with van der Waals surface area (Å²) in [5.74, 6) is 1.12. The van der Waals surface area contributed by atoms with E-state index in [0.717, 1.165) is 25.1 Å². The first-order valence-corrected chi connectivity index (χ1v) is 6.74. The number of benzene rings is 1. The number of ether oxygens (including phenoxy) is 1. The molecule has 104 valence electrons. The fourth-order valence-electron chi connectivity index (χ4n) is 2.13. The predicted octanol–water partition coefficient (Wildman–Crippen LogP) is 2.45. The smallest absolute Gasteiger partial charge is 0.262 e. The Balaban J connectivity index is 2.13. The van der Waals surface area contributed by atoms with E-state index in [-0.39, 0.29) is 12.5 Å². The highest BCUT2D eigenvalue weighted by Crippen LogP contribution is 2.35. The lowest BCUT2D eigenvalue weighted by Crippen LogP contribution is -2.25. The number of nitrogen functional groups attached to an aromatic ring is 1. The van der Waals surface area contributed by atoms with Crippen LogP contribution in [0.15, 0.2) is 12.1 Å². The van der Waals surface area contributed by atoms with Crippen LogP contribution >= 0.6 is 0 Å². The standard InChI is InChI=1S/C14H21N3O2/c1-3-9(4-2)7-16-11-6-12-13(5-10(11)15)19-8-14(18)17-12/h5-6,9,16H,3-4,7-8,15H2,1-2H3,(H,17,18). The molecule has 0 fully saturated rings. The van der Waals surface area contributed by atoms with E-state index >= 15 is 0 Å². The first-order valence-electron chi connectivity index (χ1n) is 6.74. The molecule has 0 radical (unpaired) electrons. The Bertz CT molecular complexity index is 470. The summed E-state index contributed by atoms with van der Waals surface area (Å²) in [6.45, 7) is 5.29. The Morgan fingerprint density at radius 2 is 2.16 bits per heavy atom. The highest BCUT2D eigenvalue weighted by molar-refractivity contribution is 5.97. The Morgan fingerprint density at radius 1 is 1.42 bits per heavy atom. The number of nitrogens with two attached hydrogens (primary N) is 1. The van der Waals surface area contributed by atoms with Crippen molar-refractivity contribution < 1.29 is 9.53 Å². The molecule has 1 aromatic rings. The Labute approximate surface area is 113 Å². The minimum Gasteiger partial charge on any atom is -0.482 e. The Kier molecular flexibility index (Phi) is 4.14. The summed E-state index contributed by atoms with van der Waals surface area (Å²) in [6.07, 6.45) is 2.27. The van der Waals surface area contributed by atoms with Gasteiger partial charge in [-0.2, -0.15) is 0 Å². The zero-order valence-electron chi connectivity index (χ0n) is 11.5.